The second-order valence-corrected chi connectivity index (χ2v) is 7.67. The minimum absolute atomic E-state index is 0. The van der Waals surface area contributed by atoms with Gasteiger partial charge < -0.3 is 5.32 Å². The van der Waals surface area contributed by atoms with Gasteiger partial charge in [0, 0.05) is 11.0 Å². The molecule has 1 aromatic rings. The molecule has 0 radical (unpaired) electrons. The molecule has 0 saturated carbocycles. The van der Waals surface area contributed by atoms with Gasteiger partial charge in [-0.15, -0.1) is 12.4 Å². The lowest BCUT2D eigenvalue weighted by Gasteiger charge is -2.22. The smallest absolute Gasteiger partial charge is 0.240 e. The van der Waals surface area contributed by atoms with E-state index in [1.54, 1.807) is 6.07 Å². The highest BCUT2D eigenvalue weighted by Gasteiger charge is 2.19. The Bertz CT molecular complexity index is 548. The van der Waals surface area contributed by atoms with Crippen molar-refractivity contribution in [2.24, 2.45) is 5.92 Å². The van der Waals surface area contributed by atoms with Gasteiger partial charge in [0.15, 0.2) is 0 Å². The Kier molecular flexibility index (Phi) is 7.24. The molecule has 0 aliphatic carbocycles. The molecule has 0 aromatic heterocycles. The maximum atomic E-state index is 12.1. The van der Waals surface area contributed by atoms with Crippen LogP contribution in [0.5, 0.6) is 0 Å². The molecule has 1 fully saturated rings. The van der Waals surface area contributed by atoms with Crippen LogP contribution >= 0.6 is 39.9 Å². The Hall–Kier alpha value is 0.150. The first-order valence-electron chi connectivity index (χ1n) is 6.14. The zero-order chi connectivity index (χ0) is 13.9. The normalized spacial score (nSPS) is 19.4. The number of nitrogens with one attached hydrogen (secondary N) is 2. The fourth-order valence-electron chi connectivity index (χ4n) is 2.05. The van der Waals surface area contributed by atoms with E-state index in [0.717, 1.165) is 25.9 Å². The van der Waals surface area contributed by atoms with Crippen LogP contribution in [0.15, 0.2) is 27.6 Å². The van der Waals surface area contributed by atoms with Crippen molar-refractivity contribution in [1.29, 1.82) is 0 Å². The molecule has 2 N–H and O–H groups in total. The predicted octanol–water partition coefficient (Wildman–Crippen LogP) is 2.80. The monoisotopic (exact) mass is 402 g/mol. The first-order chi connectivity index (χ1) is 8.99. The van der Waals surface area contributed by atoms with Crippen LogP contribution in [0.1, 0.15) is 12.8 Å². The third kappa shape index (κ3) is 4.86. The molecule has 1 aliphatic rings. The molecule has 4 nitrogen and oxygen atoms in total. The van der Waals surface area contributed by atoms with E-state index in [-0.39, 0.29) is 17.3 Å². The van der Waals surface area contributed by atoms with Crippen molar-refractivity contribution in [3.63, 3.8) is 0 Å². The number of rotatable bonds is 4. The molecule has 2 rings (SSSR count). The van der Waals surface area contributed by atoms with Crippen LogP contribution in [0.4, 0.5) is 0 Å². The van der Waals surface area contributed by atoms with Gasteiger partial charge in [-0.1, -0.05) is 11.6 Å². The van der Waals surface area contributed by atoms with E-state index in [1.807, 2.05) is 0 Å². The lowest BCUT2D eigenvalue weighted by Crippen LogP contribution is -2.38. The van der Waals surface area contributed by atoms with E-state index in [0.29, 0.717) is 22.0 Å². The molecule has 0 spiro atoms. The Morgan fingerprint density at radius 2 is 2.20 bits per heavy atom. The minimum atomic E-state index is -3.48. The lowest BCUT2D eigenvalue weighted by atomic mass is 10.0. The molecule has 8 heteroatoms. The summed E-state index contributed by atoms with van der Waals surface area (Å²) in [5.41, 5.74) is 0. The predicted molar refractivity (Wildman–Crippen MR) is 87.2 cm³/mol. The zero-order valence-corrected chi connectivity index (χ0v) is 14.7. The van der Waals surface area contributed by atoms with Gasteiger partial charge in [-0.3, -0.25) is 0 Å². The second-order valence-electron chi connectivity index (χ2n) is 4.64. The summed E-state index contributed by atoms with van der Waals surface area (Å²) in [5.74, 6) is 0.356. The van der Waals surface area contributed by atoms with E-state index >= 15 is 0 Å². The molecule has 1 saturated heterocycles. The third-order valence-corrected chi connectivity index (χ3v) is 5.82. The molecule has 1 atom stereocenters. The van der Waals surface area contributed by atoms with Crippen molar-refractivity contribution >= 4 is 50.0 Å². The standard InChI is InChI=1S/C12H16BrClN2O2S.ClH/c13-11-4-3-10(6-12(11)14)19(17,18)16-8-9-2-1-5-15-7-9;/h3-4,6,9,15-16H,1-2,5,7-8H2;1H. The Balaban J connectivity index is 0.00000200. The first kappa shape index (κ1) is 18.2. The van der Waals surface area contributed by atoms with E-state index in [9.17, 15) is 8.42 Å². The number of sulfonamides is 1. The zero-order valence-electron chi connectivity index (χ0n) is 10.7. The highest BCUT2D eigenvalue weighted by Crippen LogP contribution is 2.25. The van der Waals surface area contributed by atoms with Crippen molar-refractivity contribution in [1.82, 2.24) is 10.0 Å². The molecule has 20 heavy (non-hydrogen) atoms. The quantitative estimate of drug-likeness (QED) is 0.812. The number of hydrogen-bond donors (Lipinski definition) is 2. The third-order valence-electron chi connectivity index (χ3n) is 3.16. The summed E-state index contributed by atoms with van der Waals surface area (Å²) in [4.78, 5) is 0.199. The van der Waals surface area contributed by atoms with Gasteiger partial charge >= 0.3 is 0 Å². The van der Waals surface area contributed by atoms with Crippen LogP contribution < -0.4 is 10.0 Å². The maximum absolute atomic E-state index is 12.1. The number of piperidine rings is 1. The molecule has 1 aliphatic heterocycles. The molecule has 114 valence electrons. The van der Waals surface area contributed by atoms with Crippen LogP contribution in [-0.2, 0) is 10.0 Å². The number of benzene rings is 1. The van der Waals surface area contributed by atoms with Gasteiger partial charge in [-0.25, -0.2) is 13.1 Å². The molecule has 1 heterocycles. The summed E-state index contributed by atoms with van der Waals surface area (Å²) < 4.78 is 27.6. The van der Waals surface area contributed by atoms with E-state index in [4.69, 9.17) is 11.6 Å². The van der Waals surface area contributed by atoms with Crippen molar-refractivity contribution in [2.75, 3.05) is 19.6 Å². The Morgan fingerprint density at radius 1 is 1.45 bits per heavy atom. The summed E-state index contributed by atoms with van der Waals surface area (Å²) in [6.45, 7) is 2.35. The topological polar surface area (TPSA) is 58.2 Å². The fraction of sp³-hybridized carbons (Fsp3) is 0.500. The summed E-state index contributed by atoms with van der Waals surface area (Å²) in [6.07, 6.45) is 2.15. The van der Waals surface area contributed by atoms with E-state index in [2.05, 4.69) is 26.0 Å². The van der Waals surface area contributed by atoms with Crippen molar-refractivity contribution in [3.8, 4) is 0 Å². The van der Waals surface area contributed by atoms with Crippen LogP contribution in [0.3, 0.4) is 0 Å². The number of hydrogen-bond acceptors (Lipinski definition) is 3. The summed E-state index contributed by atoms with van der Waals surface area (Å²) in [7, 11) is -3.48. The van der Waals surface area contributed by atoms with Gasteiger partial charge in [-0.05, 0) is 66.0 Å². The molecule has 1 unspecified atom stereocenters. The summed E-state index contributed by atoms with van der Waals surface area (Å²) >= 11 is 9.16. The van der Waals surface area contributed by atoms with Crippen molar-refractivity contribution in [3.05, 3.63) is 27.7 Å². The first-order valence-corrected chi connectivity index (χ1v) is 8.80. The highest BCUT2D eigenvalue weighted by molar-refractivity contribution is 9.10. The largest absolute Gasteiger partial charge is 0.316 e. The molecule has 0 bridgehead atoms. The Labute approximate surface area is 139 Å². The highest BCUT2D eigenvalue weighted by atomic mass is 79.9. The summed E-state index contributed by atoms with van der Waals surface area (Å²) in [5, 5.41) is 3.66. The van der Waals surface area contributed by atoms with Crippen molar-refractivity contribution < 1.29 is 8.42 Å². The molecular formula is C12H17BrCl2N2O2S. The van der Waals surface area contributed by atoms with Gasteiger partial charge in [0.05, 0.1) is 9.92 Å². The van der Waals surface area contributed by atoms with Gasteiger partial charge in [0.1, 0.15) is 0 Å². The fourth-order valence-corrected chi connectivity index (χ4v) is 3.69. The summed E-state index contributed by atoms with van der Waals surface area (Å²) in [6, 6.07) is 4.63. The molecule has 1 aromatic carbocycles. The van der Waals surface area contributed by atoms with E-state index in [1.165, 1.54) is 12.1 Å². The van der Waals surface area contributed by atoms with E-state index < -0.39 is 10.0 Å². The minimum Gasteiger partial charge on any atom is -0.316 e. The average molecular weight is 404 g/mol. The number of halogens is 3. The molecular weight excluding hydrogens is 387 g/mol. The average Bonchev–Trinajstić information content (AvgIpc) is 2.41. The van der Waals surface area contributed by atoms with Crippen molar-refractivity contribution in [2.45, 2.75) is 17.7 Å². The van der Waals surface area contributed by atoms with Crippen LogP contribution in [0.25, 0.3) is 0 Å². The van der Waals surface area contributed by atoms with Gasteiger partial charge in [0.2, 0.25) is 10.0 Å². The van der Waals surface area contributed by atoms with Crippen LogP contribution in [0.2, 0.25) is 5.02 Å². The van der Waals surface area contributed by atoms with Crippen LogP contribution in [-0.4, -0.2) is 28.1 Å². The lowest BCUT2D eigenvalue weighted by molar-refractivity contribution is 0.376. The SMILES string of the molecule is Cl.O=S(=O)(NCC1CCCNC1)c1ccc(Br)c(Cl)c1. The van der Waals surface area contributed by atoms with Gasteiger partial charge in [-0.2, -0.15) is 0 Å². The van der Waals surface area contributed by atoms with Crippen LogP contribution in [0, 0.1) is 5.92 Å². The maximum Gasteiger partial charge on any atom is 0.240 e. The van der Waals surface area contributed by atoms with Gasteiger partial charge in [0.25, 0.3) is 0 Å². The molecule has 0 amide bonds. The Morgan fingerprint density at radius 3 is 2.80 bits per heavy atom. The second kappa shape index (κ2) is 7.96.